The average molecular weight is 718 g/mol. The van der Waals surface area contributed by atoms with Crippen LogP contribution in [0.25, 0.3) is 33.5 Å². The molecule has 0 bridgehead atoms. The Balaban J connectivity index is 1.38. The summed E-state index contributed by atoms with van der Waals surface area (Å²) in [5.74, 6) is 1.50. The fraction of sp³-hybridized carbons (Fsp3) is 0.0938. The highest BCUT2D eigenvalue weighted by Crippen LogP contribution is 2.34. The monoisotopic (exact) mass is 716 g/mol. The Hall–Kier alpha value is -4.81. The predicted octanol–water partition coefficient (Wildman–Crippen LogP) is 8.10. The van der Waals surface area contributed by atoms with Gasteiger partial charge in [-0.1, -0.05) is 40.2 Å². The van der Waals surface area contributed by atoms with Crippen molar-refractivity contribution in [1.29, 1.82) is 0 Å². The summed E-state index contributed by atoms with van der Waals surface area (Å²) >= 11 is 7.05. The molecule has 2 heterocycles. The van der Waals surface area contributed by atoms with Gasteiger partial charge in [-0.2, -0.15) is 9.78 Å². The molecule has 0 atom stereocenters. The van der Waals surface area contributed by atoms with E-state index in [1.54, 1.807) is 42.5 Å². The van der Waals surface area contributed by atoms with Crippen LogP contribution in [-0.2, 0) is 6.61 Å². The van der Waals surface area contributed by atoms with Gasteiger partial charge in [0.1, 0.15) is 12.2 Å². The molecule has 0 spiro atoms. The minimum Gasteiger partial charge on any atom is -0.490 e. The van der Waals surface area contributed by atoms with E-state index in [0.29, 0.717) is 56.0 Å². The molecule has 0 amide bonds. The van der Waals surface area contributed by atoms with E-state index in [-0.39, 0.29) is 23.7 Å². The number of rotatable bonds is 9. The molecule has 6 aromatic rings. The molecule has 0 saturated carbocycles. The van der Waals surface area contributed by atoms with E-state index in [1.807, 2.05) is 37.3 Å². The van der Waals surface area contributed by atoms with Crippen molar-refractivity contribution in [1.82, 2.24) is 9.66 Å². The summed E-state index contributed by atoms with van der Waals surface area (Å²) in [5.41, 5.74) is 2.03. The van der Waals surface area contributed by atoms with Crippen LogP contribution in [0.3, 0.4) is 0 Å². The molecule has 4 aromatic carbocycles. The second kappa shape index (κ2) is 12.4. The Labute approximate surface area is 267 Å². The summed E-state index contributed by atoms with van der Waals surface area (Å²) in [6.07, 6.45) is 1.53. The average Bonchev–Trinajstić information content (AvgIpc) is 3.44. The van der Waals surface area contributed by atoms with Crippen LogP contribution in [0.15, 0.2) is 108 Å². The maximum atomic E-state index is 13.7. The lowest BCUT2D eigenvalue weighted by Gasteiger charge is -2.14. The van der Waals surface area contributed by atoms with E-state index in [0.717, 1.165) is 9.86 Å². The third kappa shape index (κ3) is 5.99. The van der Waals surface area contributed by atoms with E-state index in [9.17, 15) is 14.9 Å². The molecule has 0 aliphatic carbocycles. The second-order valence-electron chi connectivity index (χ2n) is 9.58. The van der Waals surface area contributed by atoms with Crippen molar-refractivity contribution in [2.24, 2.45) is 5.10 Å². The maximum absolute atomic E-state index is 13.7. The number of benzene rings is 4. The Kier molecular flexibility index (Phi) is 8.27. The first-order valence-corrected chi connectivity index (χ1v) is 15.0. The fourth-order valence-electron chi connectivity index (χ4n) is 4.59. The number of aromatic nitrogens is 2. The molecule has 0 unspecified atom stereocenters. The van der Waals surface area contributed by atoms with Crippen LogP contribution in [-0.4, -0.2) is 27.4 Å². The van der Waals surface area contributed by atoms with Crippen LogP contribution in [0.2, 0.25) is 0 Å². The standard InChI is InChI=1S/C32H22Br2N4O6/c1-2-42-28-15-21(25(34)16-29(28)43-18-19-6-5-7-23(12-19)38(40)41)17-35-37-31(36-26-9-4-3-8-24(26)32(37)39)30-14-20-13-22(33)10-11-27(20)44-30/h3-17H,2,18H2,1H3. The van der Waals surface area contributed by atoms with Crippen molar-refractivity contribution < 1.29 is 18.8 Å². The molecule has 0 N–H and O–H groups in total. The third-order valence-electron chi connectivity index (χ3n) is 6.64. The largest absolute Gasteiger partial charge is 0.490 e. The van der Waals surface area contributed by atoms with Crippen molar-refractivity contribution in [2.45, 2.75) is 13.5 Å². The normalized spacial score (nSPS) is 11.4. The molecule has 2 aromatic heterocycles. The number of fused-ring (bicyclic) bond motifs is 2. The third-order valence-corrected chi connectivity index (χ3v) is 7.82. The molecule has 0 aliphatic rings. The predicted molar refractivity (Wildman–Crippen MR) is 175 cm³/mol. The minimum absolute atomic E-state index is 0.0165. The quantitative estimate of drug-likeness (QED) is 0.0841. The summed E-state index contributed by atoms with van der Waals surface area (Å²) in [6.45, 7) is 2.31. The number of ether oxygens (including phenoxy) is 2. The van der Waals surface area contributed by atoms with E-state index in [1.165, 1.54) is 23.0 Å². The van der Waals surface area contributed by atoms with Crippen molar-refractivity contribution >= 4 is 65.6 Å². The molecule has 12 heteroatoms. The van der Waals surface area contributed by atoms with Crippen LogP contribution in [0, 0.1) is 10.1 Å². The van der Waals surface area contributed by atoms with Gasteiger partial charge in [-0.15, -0.1) is 0 Å². The lowest BCUT2D eigenvalue weighted by molar-refractivity contribution is -0.384. The summed E-state index contributed by atoms with van der Waals surface area (Å²) in [6, 6.07) is 24.2. The number of nitro groups is 1. The molecule has 10 nitrogen and oxygen atoms in total. The highest BCUT2D eigenvalue weighted by atomic mass is 79.9. The first-order chi connectivity index (χ1) is 21.3. The lowest BCUT2D eigenvalue weighted by Crippen LogP contribution is -2.20. The summed E-state index contributed by atoms with van der Waals surface area (Å²) < 4.78 is 20.6. The molecule has 0 fully saturated rings. The molecule has 6 rings (SSSR count). The number of hydrogen-bond donors (Lipinski definition) is 0. The van der Waals surface area contributed by atoms with Crippen molar-refractivity contribution in [3.8, 4) is 23.1 Å². The number of hydrogen-bond acceptors (Lipinski definition) is 8. The van der Waals surface area contributed by atoms with Gasteiger partial charge in [0.05, 0.1) is 28.6 Å². The Morgan fingerprint density at radius 3 is 2.64 bits per heavy atom. The van der Waals surface area contributed by atoms with Gasteiger partial charge in [0.15, 0.2) is 17.3 Å². The topological polar surface area (TPSA) is 122 Å². The zero-order chi connectivity index (χ0) is 30.8. The molecule has 220 valence electrons. The maximum Gasteiger partial charge on any atom is 0.282 e. The Morgan fingerprint density at radius 1 is 1.00 bits per heavy atom. The van der Waals surface area contributed by atoms with Crippen LogP contribution in [0.4, 0.5) is 5.69 Å². The van der Waals surface area contributed by atoms with Crippen LogP contribution in [0.1, 0.15) is 18.1 Å². The minimum atomic E-state index is -0.450. The highest BCUT2D eigenvalue weighted by Gasteiger charge is 2.17. The highest BCUT2D eigenvalue weighted by molar-refractivity contribution is 9.10. The molecular formula is C32H22Br2N4O6. The van der Waals surface area contributed by atoms with E-state index >= 15 is 0 Å². The summed E-state index contributed by atoms with van der Waals surface area (Å²) in [7, 11) is 0. The first-order valence-electron chi connectivity index (χ1n) is 13.4. The van der Waals surface area contributed by atoms with Gasteiger partial charge in [-0.25, -0.2) is 4.98 Å². The molecule has 0 aliphatic heterocycles. The van der Waals surface area contributed by atoms with Gasteiger partial charge in [-0.3, -0.25) is 14.9 Å². The number of non-ortho nitro benzene ring substituents is 1. The van der Waals surface area contributed by atoms with Crippen LogP contribution in [0.5, 0.6) is 11.5 Å². The lowest BCUT2D eigenvalue weighted by atomic mass is 10.2. The van der Waals surface area contributed by atoms with E-state index in [4.69, 9.17) is 18.9 Å². The van der Waals surface area contributed by atoms with Gasteiger partial charge in [0, 0.05) is 32.0 Å². The number of nitro benzene ring substituents is 1. The summed E-state index contributed by atoms with van der Waals surface area (Å²) in [4.78, 5) is 29.1. The van der Waals surface area contributed by atoms with Crippen LogP contribution < -0.4 is 15.0 Å². The van der Waals surface area contributed by atoms with Crippen molar-refractivity contribution in [3.63, 3.8) is 0 Å². The first kappa shape index (κ1) is 29.3. The van der Waals surface area contributed by atoms with Gasteiger partial charge >= 0.3 is 0 Å². The zero-order valence-corrected chi connectivity index (χ0v) is 26.2. The van der Waals surface area contributed by atoms with Gasteiger partial charge in [0.25, 0.3) is 11.2 Å². The number of furan rings is 1. The second-order valence-corrected chi connectivity index (χ2v) is 11.3. The Bertz CT molecular complexity index is 2140. The number of halogens is 2. The number of nitrogens with zero attached hydrogens (tertiary/aromatic N) is 4. The summed E-state index contributed by atoms with van der Waals surface area (Å²) in [5, 5.41) is 17.0. The molecule has 44 heavy (non-hydrogen) atoms. The Morgan fingerprint density at radius 2 is 1.82 bits per heavy atom. The SMILES string of the molecule is CCOc1cc(C=Nn2c(-c3cc4cc(Br)ccc4o3)nc3ccccc3c2=O)c(Br)cc1OCc1cccc([N+](=O)[O-])c1. The zero-order valence-electron chi connectivity index (χ0n) is 23.1. The van der Waals surface area contributed by atoms with E-state index in [2.05, 4.69) is 37.0 Å². The van der Waals surface area contributed by atoms with Gasteiger partial charge in [-0.05, 0) is 76.9 Å². The number of para-hydroxylation sites is 1. The van der Waals surface area contributed by atoms with Crippen molar-refractivity contribution in [2.75, 3.05) is 6.61 Å². The molecular weight excluding hydrogens is 696 g/mol. The molecule has 0 saturated heterocycles. The smallest absolute Gasteiger partial charge is 0.282 e. The fourth-order valence-corrected chi connectivity index (χ4v) is 5.39. The van der Waals surface area contributed by atoms with Crippen LogP contribution >= 0.6 is 31.9 Å². The van der Waals surface area contributed by atoms with Gasteiger partial charge < -0.3 is 13.9 Å². The van der Waals surface area contributed by atoms with E-state index < -0.39 is 4.92 Å². The van der Waals surface area contributed by atoms with Crippen molar-refractivity contribution in [3.05, 3.63) is 125 Å². The molecule has 0 radical (unpaired) electrons. The van der Waals surface area contributed by atoms with Gasteiger partial charge in [0.2, 0.25) is 5.82 Å².